The van der Waals surface area contributed by atoms with Crippen molar-refractivity contribution in [2.75, 3.05) is 6.79 Å². The minimum absolute atomic E-state index is 0.0806. The Hall–Kier alpha value is -3.94. The zero-order valence-electron chi connectivity index (χ0n) is 16.2. The normalized spacial score (nSPS) is 12.3. The number of aryl methyl sites for hydroxylation is 1. The molecule has 0 aliphatic carbocycles. The van der Waals surface area contributed by atoms with Gasteiger partial charge in [-0.05, 0) is 36.2 Å². The zero-order chi connectivity index (χ0) is 20.5. The van der Waals surface area contributed by atoms with Crippen LogP contribution in [0.4, 0.5) is 0 Å². The van der Waals surface area contributed by atoms with Gasteiger partial charge in [0, 0.05) is 17.2 Å². The molecule has 0 amide bonds. The summed E-state index contributed by atoms with van der Waals surface area (Å²) >= 11 is 0. The van der Waals surface area contributed by atoms with Crippen molar-refractivity contribution in [2.45, 2.75) is 19.9 Å². The van der Waals surface area contributed by atoms with Crippen molar-refractivity contribution in [3.8, 4) is 34.1 Å². The Balaban J connectivity index is 1.40. The predicted molar refractivity (Wildman–Crippen MR) is 108 cm³/mol. The van der Waals surface area contributed by atoms with Crippen molar-refractivity contribution < 1.29 is 14.0 Å². The van der Waals surface area contributed by atoms with E-state index in [1.165, 1.54) is 16.3 Å². The van der Waals surface area contributed by atoms with Gasteiger partial charge < -0.3 is 14.0 Å². The zero-order valence-corrected chi connectivity index (χ0v) is 16.2. The van der Waals surface area contributed by atoms with Crippen LogP contribution < -0.4 is 15.0 Å². The molecule has 8 nitrogen and oxygen atoms in total. The van der Waals surface area contributed by atoms with Crippen LogP contribution in [0.5, 0.6) is 11.5 Å². The van der Waals surface area contributed by atoms with Crippen LogP contribution in [-0.4, -0.2) is 26.7 Å². The second kappa shape index (κ2) is 7.47. The lowest BCUT2D eigenvalue weighted by atomic mass is 10.1. The van der Waals surface area contributed by atoms with E-state index < -0.39 is 0 Å². The molecule has 1 aliphatic rings. The highest BCUT2D eigenvalue weighted by Crippen LogP contribution is 2.35. The maximum atomic E-state index is 12.3. The third-order valence-electron chi connectivity index (χ3n) is 4.91. The quantitative estimate of drug-likeness (QED) is 0.506. The van der Waals surface area contributed by atoms with Crippen LogP contribution in [0.25, 0.3) is 22.6 Å². The average Bonchev–Trinajstić information content (AvgIpc) is 3.44. The maximum absolute atomic E-state index is 12.3. The minimum Gasteiger partial charge on any atom is -0.454 e. The molecule has 0 spiro atoms. The molecule has 0 N–H and O–H groups in total. The molecule has 2 aromatic heterocycles. The third-order valence-corrected chi connectivity index (χ3v) is 4.91. The SMILES string of the molecule is CCc1ccc(-c2noc(Cn3nc(-c4ccc5c(c4)OCO5)ccc3=O)n2)cc1. The maximum Gasteiger partial charge on any atom is 0.267 e. The molecular weight excluding hydrogens is 384 g/mol. The standard InChI is InChI=1S/C22H18N4O4/c1-2-14-3-5-15(6-4-14)22-23-20(30-25-22)12-26-21(27)10-8-17(24-26)16-7-9-18-19(11-16)29-13-28-18/h3-11H,2,12-13H2,1H3. The van der Waals surface area contributed by atoms with Crippen LogP contribution in [0.3, 0.4) is 0 Å². The molecular formula is C22H18N4O4. The van der Waals surface area contributed by atoms with E-state index >= 15 is 0 Å². The van der Waals surface area contributed by atoms with Crippen molar-refractivity contribution in [3.05, 3.63) is 76.4 Å². The van der Waals surface area contributed by atoms with E-state index in [2.05, 4.69) is 22.2 Å². The molecule has 0 saturated heterocycles. The Morgan fingerprint density at radius 3 is 2.60 bits per heavy atom. The molecule has 0 saturated carbocycles. The van der Waals surface area contributed by atoms with Gasteiger partial charge in [-0.15, -0.1) is 0 Å². The van der Waals surface area contributed by atoms with E-state index in [0.29, 0.717) is 28.9 Å². The number of aromatic nitrogens is 4. The minimum atomic E-state index is -0.258. The first-order chi connectivity index (χ1) is 14.7. The van der Waals surface area contributed by atoms with Gasteiger partial charge in [0.25, 0.3) is 5.56 Å². The monoisotopic (exact) mass is 402 g/mol. The van der Waals surface area contributed by atoms with Gasteiger partial charge in [0.05, 0.1) is 5.69 Å². The Morgan fingerprint density at radius 1 is 0.967 bits per heavy atom. The number of benzene rings is 2. The van der Waals surface area contributed by atoms with Gasteiger partial charge in [0.15, 0.2) is 11.5 Å². The van der Waals surface area contributed by atoms with Gasteiger partial charge in [-0.2, -0.15) is 10.1 Å². The summed E-state index contributed by atoms with van der Waals surface area (Å²) in [4.78, 5) is 16.7. The number of hydrogen-bond acceptors (Lipinski definition) is 7. The summed E-state index contributed by atoms with van der Waals surface area (Å²) in [5.74, 6) is 2.13. The number of ether oxygens (including phenoxy) is 2. The summed E-state index contributed by atoms with van der Waals surface area (Å²) in [6.45, 7) is 2.38. The first-order valence-corrected chi connectivity index (χ1v) is 9.59. The summed E-state index contributed by atoms with van der Waals surface area (Å²) in [5.41, 5.74) is 3.28. The Bertz CT molecular complexity index is 1260. The molecule has 0 unspecified atom stereocenters. The smallest absolute Gasteiger partial charge is 0.267 e. The number of nitrogens with zero attached hydrogens (tertiary/aromatic N) is 4. The molecule has 0 atom stereocenters. The van der Waals surface area contributed by atoms with Gasteiger partial charge in [-0.3, -0.25) is 4.79 Å². The predicted octanol–water partition coefficient (Wildman–Crippen LogP) is 3.30. The van der Waals surface area contributed by atoms with Crippen molar-refractivity contribution in [3.63, 3.8) is 0 Å². The molecule has 2 aromatic carbocycles. The van der Waals surface area contributed by atoms with Crippen LogP contribution in [0.1, 0.15) is 18.4 Å². The van der Waals surface area contributed by atoms with E-state index in [1.807, 2.05) is 42.5 Å². The van der Waals surface area contributed by atoms with Crippen LogP contribution >= 0.6 is 0 Å². The van der Waals surface area contributed by atoms with E-state index in [4.69, 9.17) is 14.0 Å². The summed E-state index contributed by atoms with van der Waals surface area (Å²) < 4.78 is 17.4. The van der Waals surface area contributed by atoms with Gasteiger partial charge in [-0.25, -0.2) is 4.68 Å². The molecule has 8 heteroatoms. The van der Waals surface area contributed by atoms with Crippen LogP contribution in [0.2, 0.25) is 0 Å². The highest BCUT2D eigenvalue weighted by atomic mass is 16.7. The van der Waals surface area contributed by atoms with Crippen LogP contribution in [0.15, 0.2) is 63.9 Å². The summed E-state index contributed by atoms with van der Waals surface area (Å²) in [6.07, 6.45) is 0.964. The van der Waals surface area contributed by atoms with Gasteiger partial charge in [0.1, 0.15) is 6.54 Å². The molecule has 4 aromatic rings. The van der Waals surface area contributed by atoms with Gasteiger partial charge in [0.2, 0.25) is 18.5 Å². The Kier molecular flexibility index (Phi) is 4.51. The lowest BCUT2D eigenvalue weighted by Crippen LogP contribution is -2.23. The molecule has 1 aliphatic heterocycles. The fourth-order valence-electron chi connectivity index (χ4n) is 3.23. The fraction of sp³-hybridized carbons (Fsp3) is 0.182. The van der Waals surface area contributed by atoms with Crippen molar-refractivity contribution in [2.24, 2.45) is 0 Å². The second-order valence-corrected chi connectivity index (χ2v) is 6.84. The molecule has 0 fully saturated rings. The Morgan fingerprint density at radius 2 is 1.77 bits per heavy atom. The number of rotatable bonds is 5. The van der Waals surface area contributed by atoms with E-state index in [1.54, 1.807) is 6.07 Å². The summed E-state index contributed by atoms with van der Waals surface area (Å²) in [7, 11) is 0. The average molecular weight is 402 g/mol. The second-order valence-electron chi connectivity index (χ2n) is 6.84. The molecule has 0 radical (unpaired) electrons. The van der Waals surface area contributed by atoms with E-state index in [-0.39, 0.29) is 18.9 Å². The number of hydrogen-bond donors (Lipinski definition) is 0. The molecule has 30 heavy (non-hydrogen) atoms. The van der Waals surface area contributed by atoms with E-state index in [0.717, 1.165) is 17.5 Å². The lowest BCUT2D eigenvalue weighted by molar-refractivity contribution is 0.174. The highest BCUT2D eigenvalue weighted by molar-refractivity contribution is 5.63. The van der Waals surface area contributed by atoms with Gasteiger partial charge in [-0.1, -0.05) is 36.3 Å². The lowest BCUT2D eigenvalue weighted by Gasteiger charge is -2.06. The topological polar surface area (TPSA) is 92.3 Å². The van der Waals surface area contributed by atoms with Crippen LogP contribution in [-0.2, 0) is 13.0 Å². The molecule has 0 bridgehead atoms. The first-order valence-electron chi connectivity index (χ1n) is 9.59. The molecule has 5 rings (SSSR count). The van der Waals surface area contributed by atoms with Crippen molar-refractivity contribution >= 4 is 0 Å². The third kappa shape index (κ3) is 3.43. The molecule has 3 heterocycles. The van der Waals surface area contributed by atoms with E-state index in [9.17, 15) is 4.79 Å². The summed E-state index contributed by atoms with van der Waals surface area (Å²) in [5, 5.41) is 8.48. The highest BCUT2D eigenvalue weighted by Gasteiger charge is 2.16. The van der Waals surface area contributed by atoms with Gasteiger partial charge >= 0.3 is 0 Å². The van der Waals surface area contributed by atoms with Crippen molar-refractivity contribution in [1.82, 2.24) is 19.9 Å². The van der Waals surface area contributed by atoms with Crippen molar-refractivity contribution in [1.29, 1.82) is 0 Å². The fourth-order valence-corrected chi connectivity index (χ4v) is 3.23. The largest absolute Gasteiger partial charge is 0.454 e. The van der Waals surface area contributed by atoms with Crippen LogP contribution in [0, 0.1) is 0 Å². The first kappa shape index (κ1) is 18.1. The summed E-state index contributed by atoms with van der Waals surface area (Å²) in [6, 6.07) is 16.6. The number of fused-ring (bicyclic) bond motifs is 1. The Labute approximate surface area is 171 Å². The molecule has 150 valence electrons.